The number of halogens is 1. The van der Waals surface area contributed by atoms with Gasteiger partial charge in [0, 0.05) is 5.56 Å². The Hall–Kier alpha value is -1.81. The van der Waals surface area contributed by atoms with Crippen molar-refractivity contribution in [3.63, 3.8) is 0 Å². The van der Waals surface area contributed by atoms with Crippen LogP contribution in [0.1, 0.15) is 11.1 Å². The number of aromatic nitrogens is 2. The summed E-state index contributed by atoms with van der Waals surface area (Å²) in [6.07, 6.45) is 1.42. The third kappa shape index (κ3) is 2.31. The van der Waals surface area contributed by atoms with E-state index in [4.69, 9.17) is 17.3 Å². The summed E-state index contributed by atoms with van der Waals surface area (Å²) < 4.78 is 0. The Morgan fingerprint density at radius 1 is 1.24 bits per heavy atom. The molecule has 0 aliphatic heterocycles. The van der Waals surface area contributed by atoms with Crippen LogP contribution in [0.15, 0.2) is 24.5 Å². The molecular formula is C12H13ClN4. The summed E-state index contributed by atoms with van der Waals surface area (Å²) in [4.78, 5) is 8.06. The molecule has 3 N–H and O–H groups in total. The van der Waals surface area contributed by atoms with Crippen LogP contribution in [0.2, 0.25) is 5.02 Å². The molecule has 0 aliphatic rings. The Balaban J connectivity index is 2.38. The van der Waals surface area contributed by atoms with Crippen LogP contribution >= 0.6 is 11.6 Å². The first-order chi connectivity index (χ1) is 8.09. The molecule has 0 saturated heterocycles. The van der Waals surface area contributed by atoms with Gasteiger partial charge in [0.15, 0.2) is 0 Å². The molecule has 5 heteroatoms. The van der Waals surface area contributed by atoms with Gasteiger partial charge in [0.25, 0.3) is 0 Å². The van der Waals surface area contributed by atoms with Gasteiger partial charge in [0.1, 0.15) is 18.0 Å². The molecule has 0 fully saturated rings. The molecule has 1 aromatic heterocycles. The SMILES string of the molecule is Cc1cccc(Nc2ncnc(N)c2C)c1Cl. The van der Waals surface area contributed by atoms with Crippen LogP contribution in [-0.2, 0) is 0 Å². The average Bonchev–Trinajstić information content (AvgIpc) is 2.31. The molecule has 88 valence electrons. The van der Waals surface area contributed by atoms with E-state index in [1.165, 1.54) is 6.33 Å². The summed E-state index contributed by atoms with van der Waals surface area (Å²) in [6.45, 7) is 3.82. The van der Waals surface area contributed by atoms with E-state index in [0.717, 1.165) is 16.8 Å². The number of nitrogen functional groups attached to an aromatic ring is 1. The van der Waals surface area contributed by atoms with E-state index in [-0.39, 0.29) is 0 Å². The molecule has 0 unspecified atom stereocenters. The molecule has 0 amide bonds. The zero-order valence-corrected chi connectivity index (χ0v) is 10.4. The van der Waals surface area contributed by atoms with Crippen molar-refractivity contribution in [2.45, 2.75) is 13.8 Å². The quantitative estimate of drug-likeness (QED) is 0.857. The number of rotatable bonds is 2. The number of benzene rings is 1. The van der Waals surface area contributed by atoms with Gasteiger partial charge in [-0.25, -0.2) is 9.97 Å². The van der Waals surface area contributed by atoms with Gasteiger partial charge in [-0.05, 0) is 25.5 Å². The van der Waals surface area contributed by atoms with Gasteiger partial charge in [0.05, 0.1) is 10.7 Å². The van der Waals surface area contributed by atoms with Crippen molar-refractivity contribution in [1.29, 1.82) is 0 Å². The van der Waals surface area contributed by atoms with Crippen LogP contribution in [0.5, 0.6) is 0 Å². The van der Waals surface area contributed by atoms with Gasteiger partial charge in [-0.1, -0.05) is 23.7 Å². The van der Waals surface area contributed by atoms with Crippen molar-refractivity contribution in [1.82, 2.24) is 9.97 Å². The fraction of sp³-hybridized carbons (Fsp3) is 0.167. The molecule has 1 heterocycles. The maximum atomic E-state index is 6.20. The molecule has 0 atom stereocenters. The van der Waals surface area contributed by atoms with Crippen molar-refractivity contribution < 1.29 is 0 Å². The van der Waals surface area contributed by atoms with Crippen LogP contribution in [0, 0.1) is 13.8 Å². The summed E-state index contributed by atoms with van der Waals surface area (Å²) in [5, 5.41) is 3.84. The maximum Gasteiger partial charge on any atom is 0.138 e. The van der Waals surface area contributed by atoms with Gasteiger partial charge in [0.2, 0.25) is 0 Å². The number of nitrogens with one attached hydrogen (secondary N) is 1. The highest BCUT2D eigenvalue weighted by Gasteiger charge is 2.07. The number of anilines is 3. The second-order valence-electron chi connectivity index (χ2n) is 3.79. The van der Waals surface area contributed by atoms with E-state index < -0.39 is 0 Å². The molecule has 0 saturated carbocycles. The lowest BCUT2D eigenvalue weighted by molar-refractivity contribution is 1.14. The van der Waals surface area contributed by atoms with Crippen LogP contribution in [0.3, 0.4) is 0 Å². The Labute approximate surface area is 105 Å². The lowest BCUT2D eigenvalue weighted by Gasteiger charge is -2.11. The van der Waals surface area contributed by atoms with Crippen LogP contribution in [0.25, 0.3) is 0 Å². The zero-order valence-electron chi connectivity index (χ0n) is 9.66. The summed E-state index contributed by atoms with van der Waals surface area (Å²) in [5.41, 5.74) is 8.35. The van der Waals surface area contributed by atoms with Crippen molar-refractivity contribution in [3.8, 4) is 0 Å². The van der Waals surface area contributed by atoms with Crippen LogP contribution in [-0.4, -0.2) is 9.97 Å². The second kappa shape index (κ2) is 4.59. The number of aryl methyl sites for hydroxylation is 1. The van der Waals surface area contributed by atoms with E-state index in [1.54, 1.807) is 0 Å². The number of nitrogens with two attached hydrogens (primary N) is 1. The number of hydrogen-bond donors (Lipinski definition) is 2. The fourth-order valence-corrected chi connectivity index (χ4v) is 1.63. The maximum absolute atomic E-state index is 6.20. The summed E-state index contributed by atoms with van der Waals surface area (Å²) in [7, 11) is 0. The van der Waals surface area contributed by atoms with E-state index in [0.29, 0.717) is 16.7 Å². The molecule has 17 heavy (non-hydrogen) atoms. The lowest BCUT2D eigenvalue weighted by Crippen LogP contribution is -2.02. The van der Waals surface area contributed by atoms with Gasteiger partial charge in [-0.15, -0.1) is 0 Å². The van der Waals surface area contributed by atoms with Crippen molar-refractivity contribution in [2.75, 3.05) is 11.1 Å². The van der Waals surface area contributed by atoms with Crippen LogP contribution in [0.4, 0.5) is 17.3 Å². The third-order valence-electron chi connectivity index (χ3n) is 2.57. The average molecular weight is 249 g/mol. The largest absolute Gasteiger partial charge is 0.383 e. The topological polar surface area (TPSA) is 63.8 Å². The Bertz CT molecular complexity index is 505. The van der Waals surface area contributed by atoms with E-state index in [9.17, 15) is 0 Å². The first-order valence-electron chi connectivity index (χ1n) is 5.19. The highest BCUT2D eigenvalue weighted by Crippen LogP contribution is 2.29. The van der Waals surface area contributed by atoms with Gasteiger partial charge < -0.3 is 11.1 Å². The monoisotopic (exact) mass is 248 g/mol. The fourth-order valence-electron chi connectivity index (χ4n) is 1.46. The summed E-state index contributed by atoms with van der Waals surface area (Å²) in [5.74, 6) is 1.14. The molecule has 2 rings (SSSR count). The number of nitrogens with zero attached hydrogens (tertiary/aromatic N) is 2. The Kier molecular flexibility index (Phi) is 3.15. The van der Waals surface area contributed by atoms with Gasteiger partial charge >= 0.3 is 0 Å². The minimum atomic E-state index is 0.464. The molecule has 0 spiro atoms. The Morgan fingerprint density at radius 2 is 2.00 bits per heavy atom. The minimum Gasteiger partial charge on any atom is -0.383 e. The molecular weight excluding hydrogens is 236 g/mol. The summed E-state index contributed by atoms with van der Waals surface area (Å²) in [6, 6.07) is 5.78. The predicted octanol–water partition coefficient (Wildman–Crippen LogP) is 3.07. The molecule has 4 nitrogen and oxygen atoms in total. The van der Waals surface area contributed by atoms with E-state index >= 15 is 0 Å². The molecule has 2 aromatic rings. The second-order valence-corrected chi connectivity index (χ2v) is 4.17. The standard InChI is InChI=1S/C12H13ClN4/c1-7-4-3-5-9(10(7)13)17-12-8(2)11(14)15-6-16-12/h3-6H,1-2H3,(H3,14,15,16,17). The molecule has 0 aliphatic carbocycles. The first kappa shape index (κ1) is 11.7. The zero-order chi connectivity index (χ0) is 12.4. The predicted molar refractivity (Wildman–Crippen MR) is 70.7 cm³/mol. The normalized spacial score (nSPS) is 10.3. The Morgan fingerprint density at radius 3 is 2.76 bits per heavy atom. The lowest BCUT2D eigenvalue weighted by atomic mass is 10.2. The molecule has 0 bridgehead atoms. The van der Waals surface area contributed by atoms with Gasteiger partial charge in [-0.3, -0.25) is 0 Å². The van der Waals surface area contributed by atoms with E-state index in [2.05, 4.69) is 15.3 Å². The van der Waals surface area contributed by atoms with Gasteiger partial charge in [-0.2, -0.15) is 0 Å². The number of hydrogen-bond acceptors (Lipinski definition) is 4. The van der Waals surface area contributed by atoms with Crippen molar-refractivity contribution in [2.24, 2.45) is 0 Å². The molecule has 0 radical (unpaired) electrons. The van der Waals surface area contributed by atoms with E-state index in [1.807, 2.05) is 32.0 Å². The smallest absolute Gasteiger partial charge is 0.138 e. The highest BCUT2D eigenvalue weighted by atomic mass is 35.5. The molecule has 1 aromatic carbocycles. The minimum absolute atomic E-state index is 0.464. The van der Waals surface area contributed by atoms with Crippen molar-refractivity contribution >= 4 is 28.9 Å². The first-order valence-corrected chi connectivity index (χ1v) is 5.56. The van der Waals surface area contributed by atoms with Crippen molar-refractivity contribution in [3.05, 3.63) is 40.7 Å². The summed E-state index contributed by atoms with van der Waals surface area (Å²) >= 11 is 6.20. The van der Waals surface area contributed by atoms with Crippen LogP contribution < -0.4 is 11.1 Å². The third-order valence-corrected chi connectivity index (χ3v) is 3.07. The highest BCUT2D eigenvalue weighted by molar-refractivity contribution is 6.34.